The van der Waals surface area contributed by atoms with E-state index in [1.165, 1.54) is 24.8 Å². The summed E-state index contributed by atoms with van der Waals surface area (Å²) in [5.41, 5.74) is 3.58. The maximum atomic E-state index is 13.9. The second-order valence-electron chi connectivity index (χ2n) is 8.49. The molecule has 0 radical (unpaired) electrons. The predicted molar refractivity (Wildman–Crippen MR) is 150 cm³/mol. The molecule has 0 spiro atoms. The molecule has 0 saturated carbocycles. The average molecular weight is 525 g/mol. The number of anilines is 2. The molecule has 3 heterocycles. The number of halogens is 1. The van der Waals surface area contributed by atoms with Crippen LogP contribution in [0.1, 0.15) is 5.56 Å². The fourth-order valence-electron chi connectivity index (χ4n) is 4.24. The van der Waals surface area contributed by atoms with Gasteiger partial charge in [0.15, 0.2) is 5.82 Å². The number of rotatable bonds is 6. The molecule has 0 aliphatic heterocycles. The molecule has 3 aromatic carbocycles. The van der Waals surface area contributed by atoms with Crippen LogP contribution in [0, 0.1) is 12.7 Å². The fraction of sp³-hybridized carbons (Fsp3) is 0.0690. The Kier molecular flexibility index (Phi) is 6.20. The molecular formula is C29H21FN4OS2. The van der Waals surface area contributed by atoms with Gasteiger partial charge in [-0.2, -0.15) is 0 Å². The molecule has 3 aromatic heterocycles. The van der Waals surface area contributed by atoms with Crippen LogP contribution < -0.4 is 10.1 Å². The van der Waals surface area contributed by atoms with Crippen LogP contribution in [0.2, 0.25) is 0 Å². The van der Waals surface area contributed by atoms with Gasteiger partial charge < -0.3 is 10.1 Å². The second kappa shape index (κ2) is 9.80. The number of hydrogen-bond acceptors (Lipinski definition) is 7. The number of fused-ring (bicyclic) bond motifs is 2. The summed E-state index contributed by atoms with van der Waals surface area (Å²) >= 11 is 3.25. The van der Waals surface area contributed by atoms with E-state index in [0.717, 1.165) is 42.2 Å². The Balaban J connectivity index is 1.28. The monoisotopic (exact) mass is 524 g/mol. The molecule has 0 bridgehead atoms. The van der Waals surface area contributed by atoms with Crippen molar-refractivity contribution in [3.05, 3.63) is 95.8 Å². The van der Waals surface area contributed by atoms with Crippen LogP contribution in [0.15, 0.2) is 94.2 Å². The zero-order valence-electron chi connectivity index (χ0n) is 20.0. The average Bonchev–Trinajstić information content (AvgIpc) is 3.35. The summed E-state index contributed by atoms with van der Waals surface area (Å²) in [7, 11) is 1.54. The first-order chi connectivity index (χ1) is 18.1. The Morgan fingerprint density at radius 1 is 0.946 bits per heavy atom. The molecule has 0 saturated heterocycles. The van der Waals surface area contributed by atoms with E-state index in [2.05, 4.69) is 51.0 Å². The number of thiophene rings is 1. The number of hydrogen-bond donors (Lipinski definition) is 1. The summed E-state index contributed by atoms with van der Waals surface area (Å²) in [5.74, 6) is 0.805. The van der Waals surface area contributed by atoms with Gasteiger partial charge in [0.25, 0.3) is 0 Å². The van der Waals surface area contributed by atoms with Crippen molar-refractivity contribution in [1.29, 1.82) is 0 Å². The summed E-state index contributed by atoms with van der Waals surface area (Å²) in [5, 5.41) is 17.5. The van der Waals surface area contributed by atoms with Gasteiger partial charge in [0, 0.05) is 44.6 Å². The molecule has 8 heteroatoms. The topological polar surface area (TPSA) is 59.9 Å². The summed E-state index contributed by atoms with van der Waals surface area (Å²) < 4.78 is 19.4. The van der Waals surface area contributed by atoms with Gasteiger partial charge in [0.1, 0.15) is 17.3 Å². The van der Waals surface area contributed by atoms with Crippen molar-refractivity contribution >= 4 is 56.3 Å². The van der Waals surface area contributed by atoms with E-state index in [-0.39, 0.29) is 5.82 Å². The number of pyridine rings is 1. The lowest BCUT2D eigenvalue weighted by molar-refractivity contribution is 0.416. The van der Waals surface area contributed by atoms with Crippen molar-refractivity contribution in [2.24, 2.45) is 0 Å². The lowest BCUT2D eigenvalue weighted by Crippen LogP contribution is -1.98. The highest BCUT2D eigenvalue weighted by Gasteiger charge is 2.14. The van der Waals surface area contributed by atoms with Crippen LogP contribution in [0.5, 0.6) is 5.75 Å². The number of nitrogens with one attached hydrogen (secondary N) is 1. The molecule has 0 amide bonds. The number of aromatic nitrogens is 3. The third-order valence-corrected chi connectivity index (χ3v) is 8.07. The standard InChI is InChI=1S/C29H21FN4OS2/c1-17-13-26(36-16-17)28-21-5-3-4-6-22(21)29(34-33-28)32-19-7-9-20(10-8-19)37-25-11-12-31-23-14-18(30)15-24(35-2)27(23)25/h3-16H,1-2H3,(H,32,34). The van der Waals surface area contributed by atoms with Gasteiger partial charge >= 0.3 is 0 Å². The van der Waals surface area contributed by atoms with Gasteiger partial charge in [-0.25, -0.2) is 4.39 Å². The number of benzene rings is 3. The highest BCUT2D eigenvalue weighted by Crippen LogP contribution is 2.39. The molecule has 0 unspecified atom stereocenters. The van der Waals surface area contributed by atoms with E-state index in [0.29, 0.717) is 17.1 Å². The van der Waals surface area contributed by atoms with E-state index in [1.54, 1.807) is 29.3 Å². The number of aryl methyl sites for hydroxylation is 1. The number of ether oxygens (including phenoxy) is 1. The fourth-order valence-corrected chi connectivity index (χ4v) is 6.10. The van der Waals surface area contributed by atoms with Crippen LogP contribution in [0.25, 0.3) is 32.2 Å². The molecule has 6 aromatic rings. The van der Waals surface area contributed by atoms with Crippen molar-refractivity contribution < 1.29 is 9.13 Å². The Labute approximate surface area is 221 Å². The van der Waals surface area contributed by atoms with Crippen molar-refractivity contribution in [2.45, 2.75) is 16.7 Å². The second-order valence-corrected chi connectivity index (χ2v) is 10.5. The molecule has 5 nitrogen and oxygen atoms in total. The highest BCUT2D eigenvalue weighted by molar-refractivity contribution is 7.99. The van der Waals surface area contributed by atoms with Crippen LogP contribution in [-0.4, -0.2) is 22.3 Å². The zero-order valence-corrected chi connectivity index (χ0v) is 21.7. The smallest absolute Gasteiger partial charge is 0.161 e. The van der Waals surface area contributed by atoms with Gasteiger partial charge in [-0.1, -0.05) is 36.0 Å². The summed E-state index contributed by atoms with van der Waals surface area (Å²) in [6, 6.07) is 23.1. The molecule has 0 aliphatic rings. The molecule has 0 atom stereocenters. The van der Waals surface area contributed by atoms with Gasteiger partial charge in [0.05, 0.1) is 22.9 Å². The normalized spacial score (nSPS) is 11.2. The Morgan fingerprint density at radius 2 is 1.76 bits per heavy atom. The Bertz CT molecular complexity index is 1750. The third kappa shape index (κ3) is 4.61. The van der Waals surface area contributed by atoms with Crippen LogP contribution >= 0.6 is 23.1 Å². The maximum Gasteiger partial charge on any atom is 0.161 e. The molecule has 37 heavy (non-hydrogen) atoms. The number of nitrogens with zero attached hydrogens (tertiary/aromatic N) is 3. The van der Waals surface area contributed by atoms with E-state index in [1.807, 2.05) is 42.5 Å². The minimum absolute atomic E-state index is 0.372. The van der Waals surface area contributed by atoms with Gasteiger partial charge in [0.2, 0.25) is 0 Å². The van der Waals surface area contributed by atoms with Crippen molar-refractivity contribution in [1.82, 2.24) is 15.2 Å². The van der Waals surface area contributed by atoms with Crippen LogP contribution in [0.3, 0.4) is 0 Å². The third-order valence-electron chi connectivity index (χ3n) is 5.95. The van der Waals surface area contributed by atoms with Crippen LogP contribution in [0.4, 0.5) is 15.9 Å². The largest absolute Gasteiger partial charge is 0.496 e. The summed E-state index contributed by atoms with van der Waals surface area (Å²) in [4.78, 5) is 7.39. The highest BCUT2D eigenvalue weighted by atomic mass is 32.2. The quantitative estimate of drug-likeness (QED) is 0.237. The van der Waals surface area contributed by atoms with Gasteiger partial charge in [-0.15, -0.1) is 21.5 Å². The molecule has 0 aliphatic carbocycles. The van der Waals surface area contributed by atoms with E-state index in [9.17, 15) is 4.39 Å². The van der Waals surface area contributed by atoms with E-state index in [4.69, 9.17) is 4.74 Å². The first-order valence-electron chi connectivity index (χ1n) is 11.6. The van der Waals surface area contributed by atoms with Crippen molar-refractivity contribution in [3.63, 3.8) is 0 Å². The van der Waals surface area contributed by atoms with Crippen LogP contribution in [-0.2, 0) is 0 Å². The lowest BCUT2D eigenvalue weighted by Gasteiger charge is -2.12. The lowest BCUT2D eigenvalue weighted by atomic mass is 10.1. The maximum absolute atomic E-state index is 13.9. The molecule has 1 N–H and O–H groups in total. The zero-order chi connectivity index (χ0) is 25.4. The van der Waals surface area contributed by atoms with E-state index < -0.39 is 0 Å². The first-order valence-corrected chi connectivity index (χ1v) is 13.3. The SMILES string of the molecule is COc1cc(F)cc2nccc(Sc3ccc(Nc4nnc(-c5cc(C)cs5)c5ccccc45)cc3)c12. The molecular weight excluding hydrogens is 503 g/mol. The first kappa shape index (κ1) is 23.4. The Morgan fingerprint density at radius 3 is 2.51 bits per heavy atom. The van der Waals surface area contributed by atoms with E-state index >= 15 is 0 Å². The Hall–Kier alpha value is -4.01. The molecule has 6 rings (SSSR count). The van der Waals surface area contributed by atoms with Gasteiger partial charge in [-0.3, -0.25) is 4.98 Å². The van der Waals surface area contributed by atoms with Gasteiger partial charge in [-0.05, 0) is 54.3 Å². The number of methoxy groups -OCH3 is 1. The minimum atomic E-state index is -0.372. The minimum Gasteiger partial charge on any atom is -0.496 e. The molecule has 0 fully saturated rings. The predicted octanol–water partition coefficient (Wildman–Crippen LogP) is 8.26. The molecule has 182 valence electrons. The van der Waals surface area contributed by atoms with Crippen molar-refractivity contribution in [3.8, 4) is 16.3 Å². The summed E-state index contributed by atoms with van der Waals surface area (Å²) in [6.45, 7) is 2.08. The summed E-state index contributed by atoms with van der Waals surface area (Å²) in [6.07, 6.45) is 1.68. The van der Waals surface area contributed by atoms with Crippen molar-refractivity contribution in [2.75, 3.05) is 12.4 Å².